The van der Waals surface area contributed by atoms with Gasteiger partial charge in [0.2, 0.25) is 0 Å². The Hall–Kier alpha value is -1.92. The monoisotopic (exact) mass is 359 g/mol. The van der Waals surface area contributed by atoms with Crippen molar-refractivity contribution in [2.24, 2.45) is 5.92 Å². The second-order valence-corrected chi connectivity index (χ2v) is 7.61. The predicted molar refractivity (Wildman–Crippen MR) is 99.6 cm³/mol. The summed E-state index contributed by atoms with van der Waals surface area (Å²) in [5, 5.41) is 13.1. The summed E-state index contributed by atoms with van der Waals surface area (Å²) in [6, 6.07) is 9.04. The van der Waals surface area contributed by atoms with Crippen LogP contribution in [-0.4, -0.2) is 65.2 Å². The average molecular weight is 359 g/mol. The van der Waals surface area contributed by atoms with Crippen LogP contribution in [0.15, 0.2) is 30.3 Å². The Morgan fingerprint density at radius 2 is 1.85 bits per heavy atom. The molecule has 2 saturated heterocycles. The van der Waals surface area contributed by atoms with Crippen molar-refractivity contribution in [2.75, 3.05) is 26.2 Å². The van der Waals surface area contributed by atoms with Crippen LogP contribution < -0.4 is 5.32 Å². The number of benzene rings is 1. The highest BCUT2D eigenvalue weighted by Crippen LogP contribution is 2.17. The molecule has 0 unspecified atom stereocenters. The second-order valence-electron chi connectivity index (χ2n) is 7.61. The molecule has 6 nitrogen and oxygen atoms in total. The predicted octanol–water partition coefficient (Wildman–Crippen LogP) is 1.63. The second kappa shape index (κ2) is 8.64. The van der Waals surface area contributed by atoms with Crippen LogP contribution in [0, 0.1) is 5.92 Å². The number of carbonyl (C=O) groups is 2. The summed E-state index contributed by atoms with van der Waals surface area (Å²) in [6.45, 7) is 4.77. The zero-order valence-corrected chi connectivity index (χ0v) is 15.4. The lowest BCUT2D eigenvalue weighted by molar-refractivity contribution is -0.128. The first-order chi connectivity index (χ1) is 12.5. The van der Waals surface area contributed by atoms with E-state index in [4.69, 9.17) is 0 Å². The molecule has 0 saturated carbocycles. The number of amides is 3. The van der Waals surface area contributed by atoms with Crippen molar-refractivity contribution in [3.8, 4) is 0 Å². The summed E-state index contributed by atoms with van der Waals surface area (Å²) in [5.74, 6) is 0.511. The van der Waals surface area contributed by atoms with Crippen molar-refractivity contribution in [3.63, 3.8) is 0 Å². The van der Waals surface area contributed by atoms with Gasteiger partial charge in [-0.3, -0.25) is 9.69 Å². The minimum atomic E-state index is -0.703. The van der Waals surface area contributed by atoms with Crippen LogP contribution in [0.5, 0.6) is 0 Å². The number of piperidine rings is 1. The van der Waals surface area contributed by atoms with Crippen LogP contribution in [0.4, 0.5) is 4.79 Å². The molecule has 0 aromatic heterocycles. The van der Waals surface area contributed by atoms with E-state index in [2.05, 4.69) is 17.1 Å². The Morgan fingerprint density at radius 1 is 1.15 bits per heavy atom. The van der Waals surface area contributed by atoms with E-state index in [1.165, 1.54) is 4.90 Å². The van der Waals surface area contributed by atoms with Crippen LogP contribution in [0.1, 0.15) is 31.7 Å². The molecule has 1 aromatic carbocycles. The molecule has 3 amide bonds. The highest BCUT2D eigenvalue weighted by Gasteiger charge is 2.38. The topological polar surface area (TPSA) is 72.9 Å². The lowest BCUT2D eigenvalue weighted by Gasteiger charge is -2.32. The molecule has 1 aromatic rings. The molecule has 3 rings (SSSR count). The van der Waals surface area contributed by atoms with Gasteiger partial charge in [-0.25, -0.2) is 4.79 Å². The number of nitrogens with one attached hydrogen (secondary N) is 1. The molecule has 6 heteroatoms. The standard InChI is InChI=1S/C20H29N3O3/c1-15-9-11-22(12-10-15)13-17(24)14-23-19(25)18(21-20(23)26)8-7-16-5-3-2-4-6-16/h2-6,15,17-18,24H,7-14H2,1H3,(H,21,26)/t17-,18+/m1/s1. The molecule has 2 N–H and O–H groups in total. The van der Waals surface area contributed by atoms with Gasteiger partial charge in [-0.15, -0.1) is 0 Å². The van der Waals surface area contributed by atoms with Crippen molar-refractivity contribution < 1.29 is 14.7 Å². The Labute approximate surface area is 155 Å². The number of rotatable bonds is 7. The minimum Gasteiger partial charge on any atom is -0.390 e. The minimum absolute atomic E-state index is 0.0680. The zero-order chi connectivity index (χ0) is 18.5. The van der Waals surface area contributed by atoms with Gasteiger partial charge in [0.25, 0.3) is 5.91 Å². The third-order valence-electron chi connectivity index (χ3n) is 5.41. The first-order valence-corrected chi connectivity index (χ1v) is 9.59. The first kappa shape index (κ1) is 18.9. The third-order valence-corrected chi connectivity index (χ3v) is 5.41. The SMILES string of the molecule is CC1CCN(C[C@@H](O)CN2C(=O)N[C@@H](CCc3ccccc3)C2=O)CC1. The number of aryl methyl sites for hydroxylation is 1. The van der Waals surface area contributed by atoms with Gasteiger partial charge in [0, 0.05) is 6.54 Å². The van der Waals surface area contributed by atoms with Gasteiger partial charge in [-0.2, -0.15) is 0 Å². The van der Waals surface area contributed by atoms with Crippen LogP contribution in [0.3, 0.4) is 0 Å². The van der Waals surface area contributed by atoms with Crippen LogP contribution >= 0.6 is 0 Å². The molecule has 0 spiro atoms. The first-order valence-electron chi connectivity index (χ1n) is 9.59. The van der Waals surface area contributed by atoms with Crippen molar-refractivity contribution in [3.05, 3.63) is 35.9 Å². The van der Waals surface area contributed by atoms with Gasteiger partial charge >= 0.3 is 6.03 Å². The fourth-order valence-corrected chi connectivity index (χ4v) is 3.71. The fourth-order valence-electron chi connectivity index (χ4n) is 3.71. The Bertz CT molecular complexity index is 614. The maximum atomic E-state index is 12.5. The van der Waals surface area contributed by atoms with E-state index in [0.717, 1.165) is 43.8 Å². The molecule has 2 aliphatic heterocycles. The number of aliphatic hydroxyl groups excluding tert-OH is 1. The molecule has 2 aliphatic rings. The molecule has 2 heterocycles. The van der Waals surface area contributed by atoms with Gasteiger partial charge in [-0.05, 0) is 50.3 Å². The van der Waals surface area contributed by atoms with E-state index < -0.39 is 12.1 Å². The van der Waals surface area contributed by atoms with E-state index >= 15 is 0 Å². The van der Waals surface area contributed by atoms with Crippen LogP contribution in [0.25, 0.3) is 0 Å². The third kappa shape index (κ3) is 4.83. The molecule has 2 atom stereocenters. The quantitative estimate of drug-likeness (QED) is 0.726. The highest BCUT2D eigenvalue weighted by molar-refractivity contribution is 6.04. The zero-order valence-electron chi connectivity index (χ0n) is 15.4. The van der Waals surface area contributed by atoms with E-state index in [1.807, 2.05) is 30.3 Å². The van der Waals surface area contributed by atoms with Crippen LogP contribution in [-0.2, 0) is 11.2 Å². The summed E-state index contributed by atoms with van der Waals surface area (Å²) in [4.78, 5) is 28.1. The largest absolute Gasteiger partial charge is 0.390 e. The van der Waals surface area contributed by atoms with E-state index in [-0.39, 0.29) is 18.5 Å². The van der Waals surface area contributed by atoms with Gasteiger partial charge in [0.05, 0.1) is 12.6 Å². The number of hydrogen-bond donors (Lipinski definition) is 2. The maximum Gasteiger partial charge on any atom is 0.324 e. The lowest BCUT2D eigenvalue weighted by atomic mass is 9.99. The molecule has 142 valence electrons. The molecular weight excluding hydrogens is 330 g/mol. The Balaban J connectivity index is 1.47. The van der Waals surface area contributed by atoms with Crippen LogP contribution in [0.2, 0.25) is 0 Å². The fraction of sp³-hybridized carbons (Fsp3) is 0.600. The maximum absolute atomic E-state index is 12.5. The number of nitrogens with zero attached hydrogens (tertiary/aromatic N) is 2. The number of carbonyl (C=O) groups excluding carboxylic acids is 2. The number of aliphatic hydroxyl groups is 1. The molecule has 2 fully saturated rings. The molecule has 0 aliphatic carbocycles. The molecule has 0 bridgehead atoms. The summed E-state index contributed by atoms with van der Waals surface area (Å²) in [6.07, 6.45) is 2.88. The Morgan fingerprint density at radius 3 is 2.54 bits per heavy atom. The summed E-state index contributed by atoms with van der Waals surface area (Å²) < 4.78 is 0. The van der Waals surface area contributed by atoms with Crippen molar-refractivity contribution in [1.82, 2.24) is 15.1 Å². The smallest absolute Gasteiger partial charge is 0.324 e. The van der Waals surface area contributed by atoms with Gasteiger partial charge in [0.15, 0.2) is 0 Å². The summed E-state index contributed by atoms with van der Waals surface area (Å²) in [7, 11) is 0. The highest BCUT2D eigenvalue weighted by atomic mass is 16.3. The van der Waals surface area contributed by atoms with Gasteiger partial charge in [0.1, 0.15) is 6.04 Å². The molecular formula is C20H29N3O3. The number of likely N-dealkylation sites (tertiary alicyclic amines) is 1. The van der Waals surface area contributed by atoms with Gasteiger partial charge < -0.3 is 15.3 Å². The van der Waals surface area contributed by atoms with Crippen molar-refractivity contribution in [1.29, 1.82) is 0 Å². The lowest BCUT2D eigenvalue weighted by Crippen LogP contribution is -2.45. The number of urea groups is 1. The van der Waals surface area contributed by atoms with Gasteiger partial charge in [-0.1, -0.05) is 37.3 Å². The Kier molecular flexibility index (Phi) is 6.27. The van der Waals surface area contributed by atoms with Crippen molar-refractivity contribution >= 4 is 11.9 Å². The number of imide groups is 1. The summed E-state index contributed by atoms with van der Waals surface area (Å²) >= 11 is 0. The normalized spacial score (nSPS) is 23.3. The van der Waals surface area contributed by atoms with Crippen molar-refractivity contribution in [2.45, 2.75) is 44.8 Å². The number of hydrogen-bond acceptors (Lipinski definition) is 4. The molecule has 0 radical (unpaired) electrons. The number of β-amino-alcohol motifs (C(OH)–C–C–N with tert-alkyl or cyclic N) is 1. The molecule has 26 heavy (non-hydrogen) atoms. The summed E-state index contributed by atoms with van der Waals surface area (Å²) in [5.41, 5.74) is 1.15. The van der Waals surface area contributed by atoms with E-state index in [9.17, 15) is 14.7 Å². The van der Waals surface area contributed by atoms with E-state index in [0.29, 0.717) is 13.0 Å². The average Bonchev–Trinajstić information content (AvgIpc) is 2.90. The van der Waals surface area contributed by atoms with E-state index in [1.54, 1.807) is 0 Å².